The van der Waals surface area contributed by atoms with Crippen LogP contribution in [0.5, 0.6) is 0 Å². The maximum Gasteiger partial charge on any atom is 0.328 e. The van der Waals surface area contributed by atoms with E-state index in [0.717, 1.165) is 31.7 Å². The Morgan fingerprint density at radius 3 is 2.84 bits per heavy atom. The molecule has 0 radical (unpaired) electrons. The van der Waals surface area contributed by atoms with Crippen LogP contribution >= 0.6 is 11.8 Å². The molecule has 1 saturated heterocycles. The molecule has 2 atom stereocenters. The van der Waals surface area contributed by atoms with E-state index in [9.17, 15) is 9.59 Å². The fourth-order valence-electron chi connectivity index (χ4n) is 2.40. The Balaban J connectivity index is 2.57. The van der Waals surface area contributed by atoms with Gasteiger partial charge in [-0.1, -0.05) is 6.92 Å². The number of ether oxygens (including phenoxy) is 1. The summed E-state index contributed by atoms with van der Waals surface area (Å²) in [5.41, 5.74) is 0. The van der Waals surface area contributed by atoms with Crippen molar-refractivity contribution in [3.8, 4) is 0 Å². The molecule has 0 spiro atoms. The fourth-order valence-corrected chi connectivity index (χ4v) is 2.87. The van der Waals surface area contributed by atoms with E-state index in [1.54, 1.807) is 11.8 Å². The van der Waals surface area contributed by atoms with Gasteiger partial charge in [-0.05, 0) is 44.4 Å². The van der Waals surface area contributed by atoms with E-state index < -0.39 is 6.04 Å². The smallest absolute Gasteiger partial charge is 0.328 e. The Hall–Kier alpha value is -0.750. The number of hydrogen-bond donors (Lipinski definition) is 1. The number of thioether (sulfide) groups is 1. The van der Waals surface area contributed by atoms with E-state index in [4.69, 9.17) is 4.74 Å². The molecular formula is C13H24N2O3S. The van der Waals surface area contributed by atoms with Crippen LogP contribution in [0.15, 0.2) is 0 Å². The normalized spacial score (nSPS) is 21.1. The van der Waals surface area contributed by atoms with Crippen molar-refractivity contribution in [2.45, 2.75) is 38.3 Å². The Bertz CT molecular complexity index is 312. The molecule has 0 aromatic heterocycles. The minimum absolute atomic E-state index is 0.0455. The number of esters is 1. The zero-order valence-electron chi connectivity index (χ0n) is 12.0. The first kappa shape index (κ1) is 16.3. The highest BCUT2D eigenvalue weighted by Crippen LogP contribution is 2.17. The first-order valence-corrected chi connectivity index (χ1v) is 8.14. The first-order chi connectivity index (χ1) is 9.13. The molecule has 1 N–H and O–H groups in total. The van der Waals surface area contributed by atoms with E-state index in [1.165, 1.54) is 7.11 Å². The molecule has 110 valence electrons. The van der Waals surface area contributed by atoms with Gasteiger partial charge in [0.15, 0.2) is 0 Å². The average molecular weight is 288 g/mol. The molecule has 1 fully saturated rings. The van der Waals surface area contributed by atoms with Crippen molar-refractivity contribution in [2.75, 3.05) is 32.2 Å². The predicted molar refractivity (Wildman–Crippen MR) is 77.2 cm³/mol. The van der Waals surface area contributed by atoms with Crippen molar-refractivity contribution in [2.24, 2.45) is 0 Å². The van der Waals surface area contributed by atoms with Gasteiger partial charge in [0.05, 0.1) is 13.2 Å². The van der Waals surface area contributed by atoms with Gasteiger partial charge in [0.2, 0.25) is 5.91 Å². The minimum atomic E-state index is -0.524. The fraction of sp³-hybridized carbons (Fsp3) is 0.846. The summed E-state index contributed by atoms with van der Waals surface area (Å²) in [5.74, 6) is 0.418. The van der Waals surface area contributed by atoms with Crippen LogP contribution in [0.2, 0.25) is 0 Å². The first-order valence-electron chi connectivity index (χ1n) is 6.75. The highest BCUT2D eigenvalue weighted by molar-refractivity contribution is 7.98. The third kappa shape index (κ3) is 4.69. The standard InChI is InChI=1S/C13H24N2O3S/c1-4-15-8-5-6-11(15)12(16)14-10(7-9-19-3)13(17)18-2/h10-11H,4-9H2,1-3H3,(H,14,16). The van der Waals surface area contributed by atoms with Crippen LogP contribution in [0.3, 0.4) is 0 Å². The second kappa shape index (κ2) is 8.43. The Morgan fingerprint density at radius 2 is 2.26 bits per heavy atom. The highest BCUT2D eigenvalue weighted by atomic mass is 32.2. The summed E-state index contributed by atoms with van der Waals surface area (Å²) < 4.78 is 4.75. The van der Waals surface area contributed by atoms with Crippen LogP contribution in [0, 0.1) is 0 Å². The lowest BCUT2D eigenvalue weighted by Crippen LogP contribution is -2.49. The Kier molecular flexibility index (Phi) is 7.23. The number of carbonyl (C=O) groups excluding carboxylic acids is 2. The number of methoxy groups -OCH3 is 1. The lowest BCUT2D eigenvalue weighted by Gasteiger charge is -2.24. The lowest BCUT2D eigenvalue weighted by atomic mass is 10.1. The molecule has 0 aliphatic carbocycles. The summed E-state index contributed by atoms with van der Waals surface area (Å²) in [6, 6.07) is -0.615. The van der Waals surface area contributed by atoms with Gasteiger partial charge in [0.25, 0.3) is 0 Å². The Morgan fingerprint density at radius 1 is 1.53 bits per heavy atom. The van der Waals surface area contributed by atoms with Gasteiger partial charge in [0.1, 0.15) is 6.04 Å². The summed E-state index contributed by atoms with van der Waals surface area (Å²) >= 11 is 1.65. The quantitative estimate of drug-likeness (QED) is 0.705. The molecule has 6 heteroatoms. The molecule has 0 aromatic rings. The molecular weight excluding hydrogens is 264 g/mol. The number of amides is 1. The lowest BCUT2D eigenvalue weighted by molar-refractivity contribution is -0.145. The van der Waals surface area contributed by atoms with Crippen molar-refractivity contribution in [3.63, 3.8) is 0 Å². The number of nitrogens with one attached hydrogen (secondary N) is 1. The molecule has 19 heavy (non-hydrogen) atoms. The molecule has 0 saturated carbocycles. The molecule has 5 nitrogen and oxygen atoms in total. The second-order valence-electron chi connectivity index (χ2n) is 4.65. The second-order valence-corrected chi connectivity index (χ2v) is 5.64. The van der Waals surface area contributed by atoms with Crippen LogP contribution in [-0.4, -0.2) is 61.1 Å². The van der Waals surface area contributed by atoms with E-state index >= 15 is 0 Å². The zero-order chi connectivity index (χ0) is 14.3. The van der Waals surface area contributed by atoms with Crippen LogP contribution < -0.4 is 5.32 Å². The minimum Gasteiger partial charge on any atom is -0.467 e. The van der Waals surface area contributed by atoms with Crippen LogP contribution in [0.4, 0.5) is 0 Å². The zero-order valence-corrected chi connectivity index (χ0v) is 12.8. The molecule has 2 unspecified atom stereocenters. The van der Waals surface area contributed by atoms with Crippen molar-refractivity contribution >= 4 is 23.6 Å². The van der Waals surface area contributed by atoms with Crippen molar-refractivity contribution in [3.05, 3.63) is 0 Å². The number of hydrogen-bond acceptors (Lipinski definition) is 5. The van der Waals surface area contributed by atoms with E-state index in [-0.39, 0.29) is 17.9 Å². The maximum absolute atomic E-state index is 12.2. The van der Waals surface area contributed by atoms with Crippen molar-refractivity contribution in [1.29, 1.82) is 0 Å². The predicted octanol–water partition coefficient (Wildman–Crippen LogP) is 0.882. The van der Waals surface area contributed by atoms with E-state index in [0.29, 0.717) is 6.42 Å². The summed E-state index contributed by atoms with van der Waals surface area (Å²) in [5, 5.41) is 2.84. The van der Waals surface area contributed by atoms with Gasteiger partial charge in [-0.15, -0.1) is 0 Å². The number of rotatable bonds is 7. The molecule has 1 amide bonds. The summed E-state index contributed by atoms with van der Waals surface area (Å²) in [6.07, 6.45) is 4.50. The highest BCUT2D eigenvalue weighted by Gasteiger charge is 2.32. The third-order valence-corrected chi connectivity index (χ3v) is 4.13. The van der Waals surface area contributed by atoms with Gasteiger partial charge in [0, 0.05) is 0 Å². The summed E-state index contributed by atoms with van der Waals surface area (Å²) in [6.45, 7) is 3.88. The van der Waals surface area contributed by atoms with Gasteiger partial charge in [-0.2, -0.15) is 11.8 Å². The SMILES string of the molecule is CCN1CCCC1C(=O)NC(CCSC)C(=O)OC. The summed E-state index contributed by atoms with van der Waals surface area (Å²) in [7, 11) is 1.36. The molecule has 1 aliphatic heterocycles. The monoisotopic (exact) mass is 288 g/mol. The van der Waals surface area contributed by atoms with Gasteiger partial charge >= 0.3 is 5.97 Å². The van der Waals surface area contributed by atoms with Crippen LogP contribution in [0.25, 0.3) is 0 Å². The number of carbonyl (C=O) groups is 2. The molecule has 0 bridgehead atoms. The topological polar surface area (TPSA) is 58.6 Å². The molecule has 1 rings (SSSR count). The average Bonchev–Trinajstić information content (AvgIpc) is 2.90. The third-order valence-electron chi connectivity index (χ3n) is 3.49. The number of likely N-dealkylation sites (tertiary alicyclic amines) is 1. The van der Waals surface area contributed by atoms with Crippen molar-refractivity contribution < 1.29 is 14.3 Å². The van der Waals surface area contributed by atoms with E-state index in [1.807, 2.05) is 6.26 Å². The summed E-state index contributed by atoms with van der Waals surface area (Å²) in [4.78, 5) is 26.1. The van der Waals surface area contributed by atoms with Gasteiger partial charge in [-0.25, -0.2) is 4.79 Å². The Labute approximate surface area is 119 Å². The maximum atomic E-state index is 12.2. The molecule has 1 heterocycles. The van der Waals surface area contributed by atoms with E-state index in [2.05, 4.69) is 17.1 Å². The van der Waals surface area contributed by atoms with Gasteiger partial charge < -0.3 is 10.1 Å². The molecule has 1 aliphatic rings. The van der Waals surface area contributed by atoms with Crippen molar-refractivity contribution in [1.82, 2.24) is 10.2 Å². The van der Waals surface area contributed by atoms with Gasteiger partial charge in [-0.3, -0.25) is 9.69 Å². The largest absolute Gasteiger partial charge is 0.467 e. The molecule has 0 aromatic carbocycles. The van der Waals surface area contributed by atoms with Crippen LogP contribution in [0.1, 0.15) is 26.2 Å². The number of nitrogens with zero attached hydrogens (tertiary/aromatic N) is 1. The van der Waals surface area contributed by atoms with Crippen LogP contribution in [-0.2, 0) is 14.3 Å². The number of likely N-dealkylation sites (N-methyl/N-ethyl adjacent to an activating group) is 1.